The highest BCUT2D eigenvalue weighted by Crippen LogP contribution is 2.27. The van der Waals surface area contributed by atoms with Crippen LogP contribution in [0.4, 0.5) is 5.69 Å². The van der Waals surface area contributed by atoms with E-state index >= 15 is 0 Å². The van der Waals surface area contributed by atoms with Gasteiger partial charge in [-0.25, -0.2) is 0 Å². The average molecular weight is 434 g/mol. The van der Waals surface area contributed by atoms with Crippen LogP contribution in [-0.2, 0) is 4.79 Å². The number of ether oxygens (including phenoxy) is 1. The third-order valence-corrected chi connectivity index (χ3v) is 3.71. The van der Waals surface area contributed by atoms with Gasteiger partial charge in [0.1, 0.15) is 11.6 Å². The highest BCUT2D eigenvalue weighted by Gasteiger charge is 2.11. The van der Waals surface area contributed by atoms with Crippen molar-refractivity contribution in [3.8, 4) is 17.6 Å². The molecule has 0 spiro atoms. The number of nitriles is 1. The van der Waals surface area contributed by atoms with Crippen LogP contribution in [0.15, 0.2) is 48.0 Å². The minimum absolute atomic E-state index is 0.0100. The van der Waals surface area contributed by atoms with Gasteiger partial charge in [-0.15, -0.1) is 0 Å². The lowest BCUT2D eigenvalue weighted by Gasteiger charge is -2.07. The number of rotatable bonds is 5. The Bertz CT molecular complexity index is 825. The maximum atomic E-state index is 12.3. The van der Waals surface area contributed by atoms with Gasteiger partial charge < -0.3 is 15.2 Å². The van der Waals surface area contributed by atoms with Gasteiger partial charge in [0.25, 0.3) is 5.91 Å². The number of phenols is 1. The van der Waals surface area contributed by atoms with Crippen molar-refractivity contribution in [2.45, 2.75) is 6.92 Å². The second-order valence-corrected chi connectivity index (χ2v) is 6.04. The number of hydrogen-bond donors (Lipinski definition) is 2. The molecule has 122 valence electrons. The fourth-order valence-corrected chi connectivity index (χ4v) is 2.51. The molecule has 1 amide bonds. The average Bonchev–Trinajstić information content (AvgIpc) is 2.55. The molecule has 2 aromatic carbocycles. The lowest BCUT2D eigenvalue weighted by Crippen LogP contribution is -2.13. The van der Waals surface area contributed by atoms with Gasteiger partial charge in [-0.3, -0.25) is 4.79 Å². The van der Waals surface area contributed by atoms with E-state index in [1.54, 1.807) is 31.2 Å². The summed E-state index contributed by atoms with van der Waals surface area (Å²) >= 11 is 2.14. The largest absolute Gasteiger partial charge is 0.504 e. The summed E-state index contributed by atoms with van der Waals surface area (Å²) in [6, 6.07) is 13.8. The Hall–Kier alpha value is -2.53. The predicted octanol–water partition coefficient (Wildman–Crippen LogP) is 3.94. The first-order valence-corrected chi connectivity index (χ1v) is 8.26. The summed E-state index contributed by atoms with van der Waals surface area (Å²) in [6.07, 6.45) is 1.45. The molecule has 0 aromatic heterocycles. The summed E-state index contributed by atoms with van der Waals surface area (Å²) in [5, 5.41) is 21.6. The van der Waals surface area contributed by atoms with Gasteiger partial charge in [0.2, 0.25) is 0 Å². The van der Waals surface area contributed by atoms with Crippen molar-refractivity contribution in [2.24, 2.45) is 0 Å². The molecule has 0 heterocycles. The third kappa shape index (κ3) is 4.73. The van der Waals surface area contributed by atoms with Crippen LogP contribution in [0.2, 0.25) is 0 Å². The van der Waals surface area contributed by atoms with Crippen LogP contribution < -0.4 is 10.1 Å². The molecule has 6 heteroatoms. The zero-order chi connectivity index (χ0) is 17.5. The van der Waals surface area contributed by atoms with Gasteiger partial charge in [0.05, 0.1) is 6.61 Å². The number of aromatic hydroxyl groups is 1. The van der Waals surface area contributed by atoms with Crippen molar-refractivity contribution < 1.29 is 14.6 Å². The highest BCUT2D eigenvalue weighted by atomic mass is 127. The normalized spacial score (nSPS) is 10.8. The van der Waals surface area contributed by atoms with Crippen molar-refractivity contribution in [2.75, 3.05) is 11.9 Å². The Morgan fingerprint density at radius 2 is 2.17 bits per heavy atom. The van der Waals surface area contributed by atoms with Gasteiger partial charge in [-0.1, -0.05) is 12.1 Å². The quantitative estimate of drug-likeness (QED) is 0.425. The van der Waals surface area contributed by atoms with E-state index in [4.69, 9.17) is 4.74 Å². The number of amides is 1. The predicted molar refractivity (Wildman–Crippen MR) is 101 cm³/mol. The molecule has 0 aliphatic rings. The van der Waals surface area contributed by atoms with E-state index in [0.717, 1.165) is 3.57 Å². The molecule has 2 aromatic rings. The molecule has 2 rings (SSSR count). The van der Waals surface area contributed by atoms with Crippen molar-refractivity contribution >= 4 is 40.3 Å². The van der Waals surface area contributed by atoms with Crippen molar-refractivity contribution in [3.63, 3.8) is 0 Å². The molecule has 24 heavy (non-hydrogen) atoms. The van der Waals surface area contributed by atoms with E-state index < -0.39 is 5.91 Å². The van der Waals surface area contributed by atoms with Crippen LogP contribution in [0.3, 0.4) is 0 Å². The second kappa shape index (κ2) is 8.36. The molecule has 0 saturated heterocycles. The summed E-state index contributed by atoms with van der Waals surface area (Å²) < 4.78 is 6.28. The van der Waals surface area contributed by atoms with Gasteiger partial charge in [-0.2, -0.15) is 5.26 Å². The van der Waals surface area contributed by atoms with Crippen molar-refractivity contribution in [3.05, 3.63) is 57.2 Å². The maximum Gasteiger partial charge on any atom is 0.266 e. The van der Waals surface area contributed by atoms with E-state index in [2.05, 4.69) is 27.9 Å². The minimum Gasteiger partial charge on any atom is -0.504 e. The Morgan fingerprint density at radius 1 is 1.38 bits per heavy atom. The first-order chi connectivity index (χ1) is 11.5. The highest BCUT2D eigenvalue weighted by molar-refractivity contribution is 14.1. The number of halogens is 1. The molecule has 0 fully saturated rings. The van der Waals surface area contributed by atoms with Crippen LogP contribution in [0.25, 0.3) is 6.08 Å². The molecule has 0 bridgehead atoms. The number of phenolic OH excluding ortho intramolecular Hbond substituents is 1. The lowest BCUT2D eigenvalue weighted by atomic mass is 10.1. The summed E-state index contributed by atoms with van der Waals surface area (Å²) in [6.45, 7) is 2.20. The molecule has 2 N–H and O–H groups in total. The number of nitrogens with one attached hydrogen (secondary N) is 1. The van der Waals surface area contributed by atoms with Crippen LogP contribution in [0.5, 0.6) is 11.5 Å². The summed E-state index contributed by atoms with van der Waals surface area (Å²) in [7, 11) is 0. The fraction of sp³-hybridized carbons (Fsp3) is 0.111. The van der Waals surface area contributed by atoms with Crippen LogP contribution >= 0.6 is 22.6 Å². The van der Waals surface area contributed by atoms with Gasteiger partial charge in [-0.05, 0) is 71.5 Å². The van der Waals surface area contributed by atoms with Gasteiger partial charge >= 0.3 is 0 Å². The zero-order valence-electron chi connectivity index (χ0n) is 12.9. The molecular formula is C18H15IN2O3. The Labute approximate surface area is 153 Å². The van der Waals surface area contributed by atoms with E-state index in [-0.39, 0.29) is 11.3 Å². The molecule has 5 nitrogen and oxygen atoms in total. The van der Waals surface area contributed by atoms with Crippen LogP contribution in [-0.4, -0.2) is 17.6 Å². The Kier molecular flexibility index (Phi) is 6.21. The van der Waals surface area contributed by atoms with E-state index in [9.17, 15) is 15.2 Å². The van der Waals surface area contributed by atoms with Crippen LogP contribution in [0, 0.1) is 14.9 Å². The first kappa shape index (κ1) is 17.8. The number of benzene rings is 2. The number of anilines is 1. The SMILES string of the molecule is CCOc1cc(/C=C(\C#N)C(=O)Nc2cccc(I)c2)ccc1O. The smallest absolute Gasteiger partial charge is 0.266 e. The number of nitrogens with zero attached hydrogens (tertiary/aromatic N) is 1. The van der Waals surface area contributed by atoms with E-state index in [0.29, 0.717) is 23.6 Å². The molecular weight excluding hydrogens is 419 g/mol. The lowest BCUT2D eigenvalue weighted by molar-refractivity contribution is -0.112. The molecule has 0 unspecified atom stereocenters. The number of hydrogen-bond acceptors (Lipinski definition) is 4. The summed E-state index contributed by atoms with van der Waals surface area (Å²) in [4.78, 5) is 12.3. The number of carbonyl (C=O) groups is 1. The van der Waals surface area contributed by atoms with Crippen molar-refractivity contribution in [1.82, 2.24) is 0 Å². The molecule has 0 saturated carbocycles. The molecule has 0 aliphatic heterocycles. The molecule has 0 radical (unpaired) electrons. The maximum absolute atomic E-state index is 12.3. The number of carbonyl (C=O) groups excluding carboxylic acids is 1. The summed E-state index contributed by atoms with van der Waals surface area (Å²) in [5.74, 6) is -0.178. The van der Waals surface area contributed by atoms with Gasteiger partial charge in [0, 0.05) is 9.26 Å². The molecule has 0 atom stereocenters. The zero-order valence-corrected chi connectivity index (χ0v) is 15.1. The monoisotopic (exact) mass is 434 g/mol. The third-order valence-electron chi connectivity index (χ3n) is 3.04. The van der Waals surface area contributed by atoms with Gasteiger partial charge in [0.15, 0.2) is 11.5 Å². The van der Waals surface area contributed by atoms with E-state index in [1.165, 1.54) is 12.1 Å². The molecule has 0 aliphatic carbocycles. The summed E-state index contributed by atoms with van der Waals surface area (Å²) in [5.41, 5.74) is 1.17. The van der Waals surface area contributed by atoms with Crippen molar-refractivity contribution in [1.29, 1.82) is 5.26 Å². The minimum atomic E-state index is -0.495. The Balaban J connectivity index is 2.24. The topological polar surface area (TPSA) is 82.3 Å². The second-order valence-electron chi connectivity index (χ2n) is 4.79. The van der Waals surface area contributed by atoms with E-state index in [1.807, 2.05) is 18.2 Å². The standard InChI is InChI=1S/C18H15IN2O3/c1-2-24-17-9-12(6-7-16(17)22)8-13(11-20)18(23)21-15-5-3-4-14(19)10-15/h3-10,22H,2H2,1H3,(H,21,23)/b13-8+. The first-order valence-electron chi connectivity index (χ1n) is 7.18. The van der Waals surface area contributed by atoms with Crippen LogP contribution in [0.1, 0.15) is 12.5 Å². The Morgan fingerprint density at radius 3 is 2.83 bits per heavy atom. The fourth-order valence-electron chi connectivity index (χ4n) is 1.97.